The monoisotopic (exact) mass is 442 g/mol. The number of thioether (sulfide) groups is 1. The van der Waals surface area contributed by atoms with E-state index in [4.69, 9.17) is 0 Å². The number of hydrogen-bond acceptors (Lipinski definition) is 5. The Morgan fingerprint density at radius 2 is 1.93 bits per heavy atom. The Balaban J connectivity index is 1.46. The lowest BCUT2D eigenvalue weighted by molar-refractivity contribution is -0.118. The average molecular weight is 443 g/mol. The molecule has 1 atom stereocenters. The molecule has 9 heteroatoms. The third-order valence-corrected chi connectivity index (χ3v) is 7.29. The Morgan fingerprint density at radius 3 is 2.63 bits per heavy atom. The Morgan fingerprint density at radius 1 is 1.17 bits per heavy atom. The van der Waals surface area contributed by atoms with Gasteiger partial charge in [0.25, 0.3) is 10.0 Å². The van der Waals surface area contributed by atoms with Crippen molar-refractivity contribution in [3.63, 3.8) is 0 Å². The third-order valence-electron chi connectivity index (χ3n) is 4.91. The van der Waals surface area contributed by atoms with Crippen LogP contribution >= 0.6 is 11.8 Å². The molecule has 2 heterocycles. The molecule has 0 fully saturated rings. The van der Waals surface area contributed by atoms with E-state index >= 15 is 0 Å². The summed E-state index contributed by atoms with van der Waals surface area (Å²) >= 11 is 1.38. The number of amides is 1. The molecule has 30 heavy (non-hydrogen) atoms. The van der Waals surface area contributed by atoms with Gasteiger partial charge >= 0.3 is 0 Å². The van der Waals surface area contributed by atoms with Gasteiger partial charge in [0.15, 0.2) is 5.17 Å². The Hall–Kier alpha value is -2.78. The standard InChI is InChI=1S/C21H22N4O3S2/c1-14-3-8-19-16(13-14)9-11-25(19)15(2)20(26)23-17-4-6-18(7-5-17)30(27,28)24-21-22-10-12-29-21/h3-9,11,13,15H,10,12H2,1-2H3,(H,22,24)(H,23,26). The molecule has 7 nitrogen and oxygen atoms in total. The first-order valence-electron chi connectivity index (χ1n) is 9.52. The minimum Gasteiger partial charge on any atom is -0.335 e. The average Bonchev–Trinajstić information content (AvgIpc) is 3.36. The van der Waals surface area contributed by atoms with E-state index in [9.17, 15) is 13.2 Å². The summed E-state index contributed by atoms with van der Waals surface area (Å²) in [5.74, 6) is 0.593. The highest BCUT2D eigenvalue weighted by Gasteiger charge is 2.20. The predicted molar refractivity (Wildman–Crippen MR) is 122 cm³/mol. The molecule has 1 amide bonds. The topological polar surface area (TPSA) is 92.6 Å². The molecule has 1 aliphatic heterocycles. The van der Waals surface area contributed by atoms with Crippen LogP contribution in [0.25, 0.3) is 10.9 Å². The molecule has 0 bridgehead atoms. The van der Waals surface area contributed by atoms with Crippen molar-refractivity contribution in [2.24, 2.45) is 4.99 Å². The first-order chi connectivity index (χ1) is 14.3. The van der Waals surface area contributed by atoms with Crippen molar-refractivity contribution in [1.82, 2.24) is 9.29 Å². The van der Waals surface area contributed by atoms with Crippen molar-refractivity contribution < 1.29 is 13.2 Å². The van der Waals surface area contributed by atoms with E-state index in [2.05, 4.69) is 21.1 Å². The molecule has 1 aromatic heterocycles. The van der Waals surface area contributed by atoms with Gasteiger partial charge in [-0.2, -0.15) is 0 Å². The highest BCUT2D eigenvalue weighted by Crippen LogP contribution is 2.23. The highest BCUT2D eigenvalue weighted by atomic mass is 32.2. The number of anilines is 1. The minimum atomic E-state index is -3.69. The van der Waals surface area contributed by atoms with Crippen molar-refractivity contribution in [3.8, 4) is 0 Å². The lowest BCUT2D eigenvalue weighted by Crippen LogP contribution is -2.27. The van der Waals surface area contributed by atoms with E-state index in [0.29, 0.717) is 17.4 Å². The van der Waals surface area contributed by atoms with Crippen LogP contribution in [-0.4, -0.2) is 36.4 Å². The molecule has 0 radical (unpaired) electrons. The van der Waals surface area contributed by atoms with E-state index in [1.54, 1.807) is 12.1 Å². The molecule has 2 N–H and O–H groups in total. The summed E-state index contributed by atoms with van der Waals surface area (Å²) in [5, 5.41) is 4.35. The molecule has 2 aromatic carbocycles. The molecule has 1 aliphatic rings. The van der Waals surface area contributed by atoms with Gasteiger partial charge in [-0.1, -0.05) is 23.4 Å². The van der Waals surface area contributed by atoms with Gasteiger partial charge in [0, 0.05) is 23.2 Å². The number of nitrogens with one attached hydrogen (secondary N) is 2. The zero-order valence-corrected chi connectivity index (χ0v) is 18.3. The number of aromatic nitrogens is 1. The maximum absolute atomic E-state index is 12.8. The summed E-state index contributed by atoms with van der Waals surface area (Å²) in [6.07, 6.45) is 1.90. The van der Waals surface area contributed by atoms with Crippen LogP contribution in [0, 0.1) is 6.92 Å². The molecule has 156 valence electrons. The Kier molecular flexibility index (Phi) is 5.57. The van der Waals surface area contributed by atoms with Crippen LogP contribution in [0.5, 0.6) is 0 Å². The number of fused-ring (bicyclic) bond motifs is 1. The summed E-state index contributed by atoms with van der Waals surface area (Å²) in [6, 6.07) is 13.8. The van der Waals surface area contributed by atoms with Gasteiger partial charge in [-0.25, -0.2) is 8.42 Å². The molecular formula is C21H22N4O3S2. The molecule has 0 saturated carbocycles. The van der Waals surface area contributed by atoms with Crippen LogP contribution in [0.3, 0.4) is 0 Å². The minimum absolute atomic E-state index is 0.121. The normalized spacial score (nSPS) is 15.1. The number of hydrogen-bond donors (Lipinski definition) is 2. The fraction of sp³-hybridized carbons (Fsp3) is 0.238. The zero-order chi connectivity index (χ0) is 21.3. The summed E-state index contributed by atoms with van der Waals surface area (Å²) in [7, 11) is -3.69. The van der Waals surface area contributed by atoms with E-state index in [1.165, 1.54) is 29.5 Å². The fourth-order valence-corrected chi connectivity index (χ4v) is 5.31. The maximum Gasteiger partial charge on any atom is 0.263 e. The van der Waals surface area contributed by atoms with Gasteiger partial charge in [-0.3, -0.25) is 14.5 Å². The van der Waals surface area contributed by atoms with Crippen LogP contribution in [0.4, 0.5) is 5.69 Å². The quantitative estimate of drug-likeness (QED) is 0.632. The summed E-state index contributed by atoms with van der Waals surface area (Å²) in [5.41, 5.74) is 2.69. The van der Waals surface area contributed by atoms with Crippen molar-refractivity contribution >= 4 is 49.5 Å². The van der Waals surface area contributed by atoms with Crippen molar-refractivity contribution in [2.45, 2.75) is 24.8 Å². The first-order valence-corrected chi connectivity index (χ1v) is 12.0. The van der Waals surface area contributed by atoms with Gasteiger partial charge in [0.2, 0.25) is 5.91 Å². The molecule has 4 rings (SSSR count). The van der Waals surface area contributed by atoms with Crippen LogP contribution in [0.1, 0.15) is 18.5 Å². The van der Waals surface area contributed by atoms with Crippen molar-refractivity contribution in [1.29, 1.82) is 0 Å². The fourth-order valence-electron chi connectivity index (χ4n) is 3.28. The second-order valence-electron chi connectivity index (χ2n) is 7.12. The Labute approximate surface area is 179 Å². The second-order valence-corrected chi connectivity index (χ2v) is 9.88. The van der Waals surface area contributed by atoms with Crippen LogP contribution in [0.2, 0.25) is 0 Å². The number of carbonyl (C=O) groups excluding carboxylic acids is 1. The summed E-state index contributed by atoms with van der Waals surface area (Å²) in [6.45, 7) is 4.48. The largest absolute Gasteiger partial charge is 0.335 e. The van der Waals surface area contributed by atoms with Crippen molar-refractivity contribution in [2.75, 3.05) is 17.6 Å². The van der Waals surface area contributed by atoms with Crippen LogP contribution in [-0.2, 0) is 14.8 Å². The summed E-state index contributed by atoms with van der Waals surface area (Å²) in [4.78, 5) is 17.0. The number of nitrogens with zero attached hydrogens (tertiary/aromatic N) is 2. The second kappa shape index (κ2) is 8.16. The van der Waals surface area contributed by atoms with Gasteiger partial charge < -0.3 is 9.88 Å². The number of aryl methyl sites for hydroxylation is 1. The molecular weight excluding hydrogens is 420 g/mol. The molecule has 1 unspecified atom stereocenters. The third kappa shape index (κ3) is 4.22. The SMILES string of the molecule is Cc1ccc2c(ccn2C(C)C(=O)Nc2ccc(S(=O)(=O)NC3=NCCS3)cc2)c1. The number of benzene rings is 2. The molecule has 3 aromatic rings. The summed E-state index contributed by atoms with van der Waals surface area (Å²) < 4.78 is 29.3. The number of carbonyl (C=O) groups is 1. The number of sulfonamides is 1. The van der Waals surface area contributed by atoms with Crippen LogP contribution < -0.4 is 10.0 Å². The zero-order valence-electron chi connectivity index (χ0n) is 16.6. The van der Waals surface area contributed by atoms with Gasteiger partial charge in [0.05, 0.1) is 11.4 Å². The number of rotatable bonds is 5. The first kappa shape index (κ1) is 20.5. The number of amidine groups is 1. The highest BCUT2D eigenvalue weighted by molar-refractivity contribution is 8.15. The maximum atomic E-state index is 12.8. The molecule has 0 saturated heterocycles. The van der Waals surface area contributed by atoms with Crippen LogP contribution in [0.15, 0.2) is 64.6 Å². The lowest BCUT2D eigenvalue weighted by Gasteiger charge is -2.16. The van der Waals surface area contributed by atoms with Gasteiger partial charge in [0.1, 0.15) is 6.04 Å². The van der Waals surface area contributed by atoms with E-state index < -0.39 is 16.1 Å². The Bertz CT molecular complexity index is 1230. The molecule has 0 spiro atoms. The van der Waals surface area contributed by atoms with Gasteiger partial charge in [-0.15, -0.1) is 0 Å². The smallest absolute Gasteiger partial charge is 0.263 e. The van der Waals surface area contributed by atoms with Gasteiger partial charge in [-0.05, 0) is 61.7 Å². The molecule has 0 aliphatic carbocycles. The lowest BCUT2D eigenvalue weighted by atomic mass is 10.2. The van der Waals surface area contributed by atoms with E-state index in [1.807, 2.05) is 42.8 Å². The van der Waals surface area contributed by atoms with Crippen molar-refractivity contribution in [3.05, 3.63) is 60.3 Å². The number of aliphatic imine (C=N–C) groups is 1. The van der Waals surface area contributed by atoms with E-state index in [0.717, 1.165) is 16.7 Å². The predicted octanol–water partition coefficient (Wildman–Crippen LogP) is 3.53. The van der Waals surface area contributed by atoms with E-state index in [-0.39, 0.29) is 10.8 Å².